The number of carbonyl (C=O) groups excluding carboxylic acids is 1. The molecule has 0 aliphatic carbocycles. The number of amides is 1. The zero-order valence-corrected chi connectivity index (χ0v) is 29.2. The van der Waals surface area contributed by atoms with Gasteiger partial charge in [-0.15, -0.1) is 0 Å². The number of likely N-dealkylation sites (N-methyl/N-ethyl adjacent to an activating group) is 1. The fraction of sp³-hybridized carbons (Fsp3) is 0.268. The minimum atomic E-state index is -0.285. The second-order valence-electron chi connectivity index (χ2n) is 13.4. The molecule has 7 heteroatoms. The summed E-state index contributed by atoms with van der Waals surface area (Å²) in [7, 11) is 1.78. The van der Waals surface area contributed by atoms with E-state index in [9.17, 15) is 9.90 Å². The molecule has 0 saturated heterocycles. The van der Waals surface area contributed by atoms with Gasteiger partial charge in [0, 0.05) is 36.2 Å². The Morgan fingerprint density at radius 2 is 1.33 bits per heavy atom. The Bertz CT molecular complexity index is 1940. The van der Waals surface area contributed by atoms with Crippen LogP contribution < -0.4 is 4.74 Å². The molecule has 5 aromatic rings. The third-order valence-corrected chi connectivity index (χ3v) is 8.65. The standard InChI is InChI=1S/C41H44N4O3/c1-25(2)30-11-10-12-31(21-30)41(7,8)24-45(9)37(47)23-48-32-15-18-35(36(46)22-32)40-43-38(33-16-13-26(3)19-28(33)5)42-39(44-40)34-17-14-27(4)20-29(34)6/h10-22,46H,1,23-24H2,2-9H3. The van der Waals surface area contributed by atoms with E-state index >= 15 is 0 Å². The molecule has 0 aliphatic heterocycles. The average Bonchev–Trinajstić information content (AvgIpc) is 3.03. The number of allylic oxidation sites excluding steroid dienone is 1. The molecule has 1 amide bonds. The van der Waals surface area contributed by atoms with Gasteiger partial charge in [-0.1, -0.05) is 97.8 Å². The topological polar surface area (TPSA) is 88.4 Å². The van der Waals surface area contributed by atoms with Gasteiger partial charge < -0.3 is 14.7 Å². The zero-order chi connectivity index (χ0) is 34.7. The predicted molar refractivity (Wildman–Crippen MR) is 194 cm³/mol. The minimum absolute atomic E-state index is 0.0591. The number of nitrogens with zero attached hydrogens (tertiary/aromatic N) is 4. The van der Waals surface area contributed by atoms with Crippen molar-refractivity contribution >= 4 is 11.5 Å². The number of phenolic OH excluding ortho intramolecular Hbond substituents is 1. The average molecular weight is 641 g/mol. The van der Waals surface area contributed by atoms with Crippen molar-refractivity contribution in [2.24, 2.45) is 0 Å². The van der Waals surface area contributed by atoms with Crippen molar-refractivity contribution < 1.29 is 14.6 Å². The molecular formula is C41H44N4O3. The fourth-order valence-electron chi connectivity index (χ4n) is 5.89. The molecule has 0 radical (unpaired) electrons. The van der Waals surface area contributed by atoms with E-state index < -0.39 is 0 Å². The maximum absolute atomic E-state index is 13.1. The molecule has 48 heavy (non-hydrogen) atoms. The number of benzene rings is 4. The summed E-state index contributed by atoms with van der Waals surface area (Å²) >= 11 is 0. The summed E-state index contributed by atoms with van der Waals surface area (Å²) in [6, 6.07) is 25.5. The molecule has 0 aliphatic rings. The van der Waals surface area contributed by atoms with Crippen molar-refractivity contribution in [2.45, 2.75) is 53.9 Å². The van der Waals surface area contributed by atoms with Crippen LogP contribution in [0.2, 0.25) is 0 Å². The van der Waals surface area contributed by atoms with Gasteiger partial charge in [-0.25, -0.2) is 15.0 Å². The van der Waals surface area contributed by atoms with Crippen molar-refractivity contribution in [1.29, 1.82) is 0 Å². The summed E-state index contributed by atoms with van der Waals surface area (Å²) in [5, 5.41) is 11.2. The summed E-state index contributed by atoms with van der Waals surface area (Å²) in [6.45, 7) is 18.8. The van der Waals surface area contributed by atoms with Crippen LogP contribution in [0, 0.1) is 27.7 Å². The van der Waals surface area contributed by atoms with Crippen LogP contribution in [0.25, 0.3) is 39.7 Å². The van der Waals surface area contributed by atoms with E-state index in [2.05, 4.69) is 58.5 Å². The second kappa shape index (κ2) is 13.8. The van der Waals surface area contributed by atoms with E-state index in [1.807, 2.05) is 57.2 Å². The SMILES string of the molecule is C=C(C)c1cccc(C(C)(C)CN(C)C(=O)COc2ccc(-c3nc(-c4ccc(C)cc4C)nc(-c4ccc(C)cc4C)n3)c(O)c2)c1. The van der Waals surface area contributed by atoms with Gasteiger partial charge in [0.1, 0.15) is 11.5 Å². The van der Waals surface area contributed by atoms with Crippen LogP contribution in [-0.4, -0.2) is 51.1 Å². The van der Waals surface area contributed by atoms with Gasteiger partial charge in [0.15, 0.2) is 24.1 Å². The Morgan fingerprint density at radius 1 is 0.792 bits per heavy atom. The van der Waals surface area contributed by atoms with Gasteiger partial charge in [-0.05, 0) is 69.0 Å². The summed E-state index contributed by atoms with van der Waals surface area (Å²) in [5.41, 5.74) is 9.54. The number of aromatic nitrogens is 3. The number of aryl methyl sites for hydroxylation is 4. The number of aromatic hydroxyl groups is 1. The highest BCUT2D eigenvalue weighted by Gasteiger charge is 2.25. The molecule has 1 heterocycles. The van der Waals surface area contributed by atoms with Gasteiger partial charge in [-0.3, -0.25) is 4.79 Å². The van der Waals surface area contributed by atoms with E-state index in [1.54, 1.807) is 24.1 Å². The van der Waals surface area contributed by atoms with E-state index in [-0.39, 0.29) is 23.7 Å². The number of carbonyl (C=O) groups is 1. The summed E-state index contributed by atoms with van der Waals surface area (Å²) in [5.74, 6) is 1.52. The van der Waals surface area contributed by atoms with E-state index in [0.717, 1.165) is 50.1 Å². The second-order valence-corrected chi connectivity index (χ2v) is 13.4. The Kier molecular flexibility index (Phi) is 9.80. The molecule has 0 unspecified atom stereocenters. The van der Waals surface area contributed by atoms with Crippen molar-refractivity contribution in [3.63, 3.8) is 0 Å². The van der Waals surface area contributed by atoms with E-state index in [4.69, 9.17) is 19.7 Å². The minimum Gasteiger partial charge on any atom is -0.507 e. The number of hydrogen-bond acceptors (Lipinski definition) is 6. The Labute approximate surface area is 284 Å². The Morgan fingerprint density at radius 3 is 1.85 bits per heavy atom. The normalized spacial score (nSPS) is 11.3. The molecule has 7 nitrogen and oxygen atoms in total. The van der Waals surface area contributed by atoms with Gasteiger partial charge in [0.25, 0.3) is 5.91 Å². The summed E-state index contributed by atoms with van der Waals surface area (Å²) in [6.07, 6.45) is 0. The van der Waals surface area contributed by atoms with Crippen LogP contribution >= 0.6 is 0 Å². The summed E-state index contributed by atoms with van der Waals surface area (Å²) < 4.78 is 5.86. The third kappa shape index (κ3) is 7.63. The van der Waals surface area contributed by atoms with Crippen molar-refractivity contribution in [1.82, 2.24) is 19.9 Å². The van der Waals surface area contributed by atoms with Crippen molar-refractivity contribution in [3.8, 4) is 45.7 Å². The highest BCUT2D eigenvalue weighted by molar-refractivity contribution is 5.78. The van der Waals surface area contributed by atoms with Crippen LogP contribution in [0.4, 0.5) is 0 Å². The van der Waals surface area contributed by atoms with Crippen LogP contribution in [0.15, 0.2) is 85.4 Å². The van der Waals surface area contributed by atoms with Gasteiger partial charge in [0.05, 0.1) is 5.56 Å². The summed E-state index contributed by atoms with van der Waals surface area (Å²) in [4.78, 5) is 29.3. The molecule has 0 fully saturated rings. The van der Waals surface area contributed by atoms with E-state index in [0.29, 0.717) is 35.3 Å². The monoisotopic (exact) mass is 640 g/mol. The Hall–Kier alpha value is -5.30. The largest absolute Gasteiger partial charge is 0.507 e. The Balaban J connectivity index is 1.37. The highest BCUT2D eigenvalue weighted by Crippen LogP contribution is 2.34. The maximum Gasteiger partial charge on any atom is 0.260 e. The maximum atomic E-state index is 13.1. The fourth-order valence-corrected chi connectivity index (χ4v) is 5.89. The molecule has 4 aromatic carbocycles. The first-order chi connectivity index (χ1) is 22.7. The number of ether oxygens (including phenoxy) is 1. The molecule has 0 atom stereocenters. The third-order valence-electron chi connectivity index (χ3n) is 8.65. The van der Waals surface area contributed by atoms with Crippen LogP contribution in [0.1, 0.15) is 54.2 Å². The molecule has 1 N–H and O–H groups in total. The number of phenols is 1. The molecule has 0 saturated carbocycles. The number of hydrogen-bond donors (Lipinski definition) is 1. The lowest BCUT2D eigenvalue weighted by molar-refractivity contribution is -0.132. The van der Waals surface area contributed by atoms with Crippen LogP contribution in [0.5, 0.6) is 11.5 Å². The molecule has 5 rings (SSSR count). The zero-order valence-electron chi connectivity index (χ0n) is 29.2. The van der Waals surface area contributed by atoms with Crippen molar-refractivity contribution in [2.75, 3.05) is 20.2 Å². The lowest BCUT2D eigenvalue weighted by Gasteiger charge is -2.31. The molecule has 1 aromatic heterocycles. The van der Waals surface area contributed by atoms with Crippen molar-refractivity contribution in [3.05, 3.63) is 119 Å². The highest BCUT2D eigenvalue weighted by atomic mass is 16.5. The van der Waals surface area contributed by atoms with Crippen LogP contribution in [-0.2, 0) is 10.2 Å². The molecular weight excluding hydrogens is 596 g/mol. The van der Waals surface area contributed by atoms with Gasteiger partial charge >= 0.3 is 0 Å². The molecule has 0 bridgehead atoms. The first-order valence-electron chi connectivity index (χ1n) is 16.1. The number of rotatable bonds is 10. The molecule has 0 spiro atoms. The quantitative estimate of drug-likeness (QED) is 0.164. The van der Waals surface area contributed by atoms with E-state index in [1.165, 1.54) is 6.07 Å². The first kappa shape index (κ1) is 34.0. The lowest BCUT2D eigenvalue weighted by atomic mass is 9.83. The van der Waals surface area contributed by atoms with Crippen LogP contribution in [0.3, 0.4) is 0 Å². The van der Waals surface area contributed by atoms with Gasteiger partial charge in [0.2, 0.25) is 0 Å². The smallest absolute Gasteiger partial charge is 0.260 e. The lowest BCUT2D eigenvalue weighted by Crippen LogP contribution is -2.40. The predicted octanol–water partition coefficient (Wildman–Crippen LogP) is 8.66. The molecule has 246 valence electrons. The van der Waals surface area contributed by atoms with Gasteiger partial charge in [-0.2, -0.15) is 0 Å². The first-order valence-corrected chi connectivity index (χ1v) is 16.1.